The van der Waals surface area contributed by atoms with Gasteiger partial charge < -0.3 is 14.5 Å². The molecule has 0 atom stereocenters. The number of nitrogens with one attached hydrogen (secondary N) is 1. The van der Waals surface area contributed by atoms with Crippen LogP contribution in [0, 0.1) is 0 Å². The molecule has 124 valence electrons. The number of amides is 1. The second kappa shape index (κ2) is 7.64. The number of benzene rings is 2. The van der Waals surface area contributed by atoms with Gasteiger partial charge in [-0.2, -0.15) is 0 Å². The van der Waals surface area contributed by atoms with Crippen molar-refractivity contribution >= 4 is 17.0 Å². The number of hydrogen-bond acceptors (Lipinski definition) is 4. The minimum Gasteiger partial charge on any atom is -0.494 e. The Kier molecular flexibility index (Phi) is 5.11. The molecule has 0 saturated carbocycles. The Morgan fingerprint density at radius 3 is 2.75 bits per heavy atom. The first kappa shape index (κ1) is 16.1. The summed E-state index contributed by atoms with van der Waals surface area (Å²) < 4.78 is 10.6. The summed E-state index contributed by atoms with van der Waals surface area (Å²) in [6.45, 7) is 3.18. The molecule has 24 heavy (non-hydrogen) atoms. The molecule has 0 aliphatic rings. The molecule has 0 aliphatic carbocycles. The van der Waals surface area contributed by atoms with Crippen LogP contribution >= 0.6 is 0 Å². The molecule has 0 saturated heterocycles. The van der Waals surface area contributed by atoms with Crippen molar-refractivity contribution in [2.75, 3.05) is 13.2 Å². The molecule has 0 spiro atoms. The van der Waals surface area contributed by atoms with Crippen molar-refractivity contribution in [1.82, 2.24) is 10.3 Å². The van der Waals surface area contributed by atoms with Crippen molar-refractivity contribution < 1.29 is 13.9 Å². The highest BCUT2D eigenvalue weighted by atomic mass is 16.5. The topological polar surface area (TPSA) is 64.4 Å². The molecule has 5 nitrogen and oxygen atoms in total. The van der Waals surface area contributed by atoms with E-state index in [1.807, 2.05) is 49.4 Å². The van der Waals surface area contributed by atoms with Crippen molar-refractivity contribution in [3.8, 4) is 5.75 Å². The van der Waals surface area contributed by atoms with E-state index in [1.54, 1.807) is 0 Å². The molecular formula is C19H20N2O3. The molecular weight excluding hydrogens is 304 g/mol. The first-order valence-corrected chi connectivity index (χ1v) is 8.05. The number of carbonyl (C=O) groups excluding carboxylic acids is 1. The third kappa shape index (κ3) is 4.13. The lowest BCUT2D eigenvalue weighted by Gasteiger charge is -2.07. The Morgan fingerprint density at radius 1 is 1.17 bits per heavy atom. The van der Waals surface area contributed by atoms with E-state index in [2.05, 4.69) is 10.3 Å². The zero-order valence-corrected chi connectivity index (χ0v) is 13.6. The third-order valence-corrected chi connectivity index (χ3v) is 3.73. The average Bonchev–Trinajstić information content (AvgIpc) is 3.05. The third-order valence-electron chi connectivity index (χ3n) is 3.73. The summed E-state index contributed by atoms with van der Waals surface area (Å²) >= 11 is 0. The zero-order valence-electron chi connectivity index (χ0n) is 13.6. The predicted molar refractivity (Wildman–Crippen MR) is 92.0 cm³/mol. The van der Waals surface area contributed by atoms with Crippen LogP contribution in [0.3, 0.4) is 0 Å². The minimum atomic E-state index is 0.0154. The van der Waals surface area contributed by atoms with E-state index in [4.69, 9.17) is 9.15 Å². The summed E-state index contributed by atoms with van der Waals surface area (Å²) in [6.07, 6.45) is 2.57. The SMILES string of the molecule is CCOc1ccc(CC(=O)NCCc2ccc3ocnc3c2)cc1. The monoisotopic (exact) mass is 324 g/mol. The van der Waals surface area contributed by atoms with Gasteiger partial charge >= 0.3 is 0 Å². The van der Waals surface area contributed by atoms with Crippen molar-refractivity contribution in [1.29, 1.82) is 0 Å². The lowest BCUT2D eigenvalue weighted by molar-refractivity contribution is -0.120. The molecule has 0 unspecified atom stereocenters. The van der Waals surface area contributed by atoms with Gasteiger partial charge in [0, 0.05) is 6.54 Å². The number of oxazole rings is 1. The quantitative estimate of drug-likeness (QED) is 0.725. The number of nitrogens with zero attached hydrogens (tertiary/aromatic N) is 1. The lowest BCUT2D eigenvalue weighted by Crippen LogP contribution is -2.27. The molecule has 1 amide bonds. The maximum Gasteiger partial charge on any atom is 0.224 e. The molecule has 0 fully saturated rings. The summed E-state index contributed by atoms with van der Waals surface area (Å²) in [4.78, 5) is 16.1. The molecule has 0 radical (unpaired) electrons. The highest BCUT2D eigenvalue weighted by Gasteiger charge is 2.05. The zero-order chi connectivity index (χ0) is 16.8. The number of fused-ring (bicyclic) bond motifs is 1. The Hall–Kier alpha value is -2.82. The summed E-state index contributed by atoms with van der Waals surface area (Å²) in [5, 5.41) is 2.95. The van der Waals surface area contributed by atoms with Crippen molar-refractivity contribution in [2.24, 2.45) is 0 Å². The molecule has 3 aromatic rings. The lowest BCUT2D eigenvalue weighted by atomic mass is 10.1. The number of hydrogen-bond donors (Lipinski definition) is 1. The van der Waals surface area contributed by atoms with E-state index in [0.717, 1.165) is 34.4 Å². The van der Waals surface area contributed by atoms with Gasteiger partial charge in [-0.15, -0.1) is 0 Å². The highest BCUT2D eigenvalue weighted by molar-refractivity contribution is 5.78. The van der Waals surface area contributed by atoms with Crippen LogP contribution in [0.5, 0.6) is 5.75 Å². The molecule has 1 N–H and O–H groups in total. The smallest absolute Gasteiger partial charge is 0.224 e. The molecule has 5 heteroatoms. The van der Waals surface area contributed by atoms with Crippen LogP contribution < -0.4 is 10.1 Å². The van der Waals surface area contributed by atoms with E-state index in [1.165, 1.54) is 6.39 Å². The van der Waals surface area contributed by atoms with Crippen LogP contribution in [0.25, 0.3) is 11.1 Å². The molecule has 2 aromatic carbocycles. The number of aromatic nitrogens is 1. The Balaban J connectivity index is 1.46. The summed E-state index contributed by atoms with van der Waals surface area (Å²) in [5.41, 5.74) is 3.71. The minimum absolute atomic E-state index is 0.0154. The van der Waals surface area contributed by atoms with Crippen LogP contribution in [0.2, 0.25) is 0 Å². The summed E-state index contributed by atoms with van der Waals surface area (Å²) in [5.74, 6) is 0.839. The van der Waals surface area contributed by atoms with E-state index in [0.29, 0.717) is 19.6 Å². The van der Waals surface area contributed by atoms with Crippen molar-refractivity contribution in [3.63, 3.8) is 0 Å². The van der Waals surface area contributed by atoms with Crippen LogP contribution in [0.15, 0.2) is 53.3 Å². The van der Waals surface area contributed by atoms with E-state index in [9.17, 15) is 4.79 Å². The fourth-order valence-electron chi connectivity index (χ4n) is 2.52. The van der Waals surface area contributed by atoms with E-state index >= 15 is 0 Å². The van der Waals surface area contributed by atoms with Gasteiger partial charge in [-0.3, -0.25) is 4.79 Å². The van der Waals surface area contributed by atoms with Gasteiger partial charge in [0.25, 0.3) is 0 Å². The Morgan fingerprint density at radius 2 is 1.96 bits per heavy atom. The number of ether oxygens (including phenoxy) is 1. The van der Waals surface area contributed by atoms with Crippen molar-refractivity contribution in [2.45, 2.75) is 19.8 Å². The molecule has 1 heterocycles. The molecule has 3 rings (SSSR count). The number of rotatable bonds is 7. The van der Waals surface area contributed by atoms with Crippen LogP contribution in [-0.2, 0) is 17.6 Å². The first-order chi connectivity index (χ1) is 11.7. The molecule has 0 bridgehead atoms. The highest BCUT2D eigenvalue weighted by Crippen LogP contribution is 2.14. The maximum atomic E-state index is 12.0. The van der Waals surface area contributed by atoms with Gasteiger partial charge in [0.2, 0.25) is 5.91 Å². The Labute approximate surface area is 140 Å². The second-order valence-corrected chi connectivity index (χ2v) is 5.51. The van der Waals surface area contributed by atoms with Gasteiger partial charge in [-0.1, -0.05) is 18.2 Å². The van der Waals surface area contributed by atoms with Gasteiger partial charge in [0.05, 0.1) is 13.0 Å². The largest absolute Gasteiger partial charge is 0.494 e. The summed E-state index contributed by atoms with van der Waals surface area (Å²) in [7, 11) is 0. The maximum absolute atomic E-state index is 12.0. The van der Waals surface area contributed by atoms with E-state index < -0.39 is 0 Å². The molecule has 0 aliphatic heterocycles. The average molecular weight is 324 g/mol. The van der Waals surface area contributed by atoms with Crippen LogP contribution in [0.1, 0.15) is 18.1 Å². The Bertz CT molecular complexity index is 809. The second-order valence-electron chi connectivity index (χ2n) is 5.51. The van der Waals surface area contributed by atoms with Gasteiger partial charge in [-0.05, 0) is 48.7 Å². The fourth-order valence-corrected chi connectivity index (χ4v) is 2.52. The summed E-state index contributed by atoms with van der Waals surface area (Å²) in [6, 6.07) is 13.5. The van der Waals surface area contributed by atoms with Gasteiger partial charge in [0.1, 0.15) is 11.3 Å². The van der Waals surface area contributed by atoms with Crippen LogP contribution in [0.4, 0.5) is 0 Å². The van der Waals surface area contributed by atoms with Crippen molar-refractivity contribution in [3.05, 3.63) is 60.0 Å². The normalized spacial score (nSPS) is 10.7. The molecule has 1 aromatic heterocycles. The standard InChI is InChI=1S/C19H20N2O3/c1-2-23-16-6-3-14(4-7-16)12-19(22)20-10-9-15-5-8-18-17(11-15)21-13-24-18/h3-8,11,13H,2,9-10,12H2,1H3,(H,20,22). The van der Waals surface area contributed by atoms with Gasteiger partial charge in [0.15, 0.2) is 12.0 Å². The number of carbonyl (C=O) groups is 1. The van der Waals surface area contributed by atoms with Crippen LogP contribution in [-0.4, -0.2) is 24.0 Å². The predicted octanol–water partition coefficient (Wildman–Crippen LogP) is 3.13. The fraction of sp³-hybridized carbons (Fsp3) is 0.263. The van der Waals surface area contributed by atoms with E-state index in [-0.39, 0.29) is 5.91 Å². The first-order valence-electron chi connectivity index (χ1n) is 8.05. The van der Waals surface area contributed by atoms with Gasteiger partial charge in [-0.25, -0.2) is 4.98 Å².